The molecule has 10 rings (SSSR count). The van der Waals surface area contributed by atoms with E-state index in [0.717, 1.165) is 72.6 Å². The number of ether oxygens (including phenoxy) is 1. The van der Waals surface area contributed by atoms with Gasteiger partial charge in [0.2, 0.25) is 6.33 Å². The summed E-state index contributed by atoms with van der Waals surface area (Å²) in [4.78, 5) is 8.44. The number of aromatic nitrogens is 5. The Morgan fingerprint density at radius 3 is 1.94 bits per heavy atom. The summed E-state index contributed by atoms with van der Waals surface area (Å²) in [5.41, 5.74) is 8.72. The number of rotatable bonds is 5. The van der Waals surface area contributed by atoms with Crippen LogP contribution in [0.15, 0.2) is 164 Å². The number of halogens is 1. The molecule has 49 heavy (non-hydrogen) atoms. The lowest BCUT2D eigenvalue weighted by molar-refractivity contribution is -0.345. The Morgan fingerprint density at radius 2 is 1.10 bits per heavy atom. The van der Waals surface area contributed by atoms with E-state index in [1.165, 1.54) is 10.8 Å². The maximum absolute atomic E-state index is 6.55. The lowest BCUT2D eigenvalue weighted by Gasteiger charge is -2.11. The fraction of sp³-hybridized carbons (Fsp3) is 0. The highest BCUT2D eigenvalue weighted by Crippen LogP contribution is 2.37. The molecule has 0 aliphatic heterocycles. The number of benzene rings is 6. The Labute approximate surface area is 287 Å². The first-order chi connectivity index (χ1) is 23.8. The molecule has 6 nitrogen and oxygen atoms in total. The van der Waals surface area contributed by atoms with E-state index in [2.05, 4.69) is 152 Å². The van der Waals surface area contributed by atoms with Gasteiger partial charge in [-0.25, -0.2) is 9.97 Å². The van der Waals surface area contributed by atoms with Crippen molar-refractivity contribution in [2.45, 2.75) is 0 Å². The standard InChI is InChI=1S/C42H27N5O.ClH/c1-2-11-28(12-3-1)46-37-18-7-5-16-33(37)35-26-43-42(25-41(35)46)47-38-19-8-4-15-32(38)34-22-21-31(24-40(34)47)48-30-14-10-13-29(23-30)45-27-44-36-17-6-9-20-39(36)45;/h1-27H;1H. The molecule has 1 N–H and O–H groups in total. The van der Waals surface area contributed by atoms with Crippen molar-refractivity contribution in [2.75, 3.05) is 0 Å². The molecular weight excluding hydrogens is 626 g/mol. The Balaban J connectivity index is 0.00000325. The van der Waals surface area contributed by atoms with Gasteiger partial charge in [-0.2, -0.15) is 4.57 Å². The van der Waals surface area contributed by atoms with Gasteiger partial charge in [0.25, 0.3) is 0 Å². The summed E-state index contributed by atoms with van der Waals surface area (Å²) in [7, 11) is 0. The molecule has 0 saturated heterocycles. The van der Waals surface area contributed by atoms with Crippen LogP contribution in [0.3, 0.4) is 0 Å². The third kappa shape index (κ3) is 4.57. The lowest BCUT2D eigenvalue weighted by atomic mass is 10.1. The zero-order valence-corrected chi connectivity index (χ0v) is 26.9. The normalized spacial score (nSPS) is 11.5. The van der Waals surface area contributed by atoms with Crippen molar-refractivity contribution in [1.29, 1.82) is 0 Å². The number of fused-ring (bicyclic) bond motifs is 7. The molecule has 0 radical (unpaired) electrons. The van der Waals surface area contributed by atoms with Gasteiger partial charge in [-0.3, -0.25) is 4.57 Å². The average Bonchev–Trinajstić information content (AvgIpc) is 3.82. The topological polar surface area (TPSA) is 51.0 Å². The number of nitrogens with zero attached hydrogens (tertiary/aromatic N) is 4. The minimum Gasteiger partial charge on any atom is -1.00 e. The number of hydrogen-bond acceptors (Lipinski definition) is 2. The molecule has 234 valence electrons. The van der Waals surface area contributed by atoms with Gasteiger partial charge >= 0.3 is 0 Å². The zero-order valence-electron chi connectivity index (χ0n) is 26.2. The average molecular weight is 654 g/mol. The van der Waals surface area contributed by atoms with E-state index in [1.807, 2.05) is 30.7 Å². The smallest absolute Gasteiger partial charge is 0.247 e. The highest BCUT2D eigenvalue weighted by atomic mass is 35.5. The predicted octanol–water partition coefficient (Wildman–Crippen LogP) is 6.83. The molecule has 7 heteroatoms. The van der Waals surface area contributed by atoms with Gasteiger partial charge in [-0.05, 0) is 60.7 Å². The molecule has 0 saturated carbocycles. The summed E-state index contributed by atoms with van der Waals surface area (Å²) in [6.07, 6.45) is 4.00. The van der Waals surface area contributed by atoms with E-state index in [4.69, 9.17) is 9.72 Å². The fourth-order valence-corrected chi connectivity index (χ4v) is 7.15. The summed E-state index contributed by atoms with van der Waals surface area (Å²) in [5, 5.41) is 4.62. The minimum atomic E-state index is 0. The van der Waals surface area contributed by atoms with E-state index < -0.39 is 0 Å². The van der Waals surface area contributed by atoms with Gasteiger partial charge < -0.3 is 21.7 Å². The van der Waals surface area contributed by atoms with Crippen LogP contribution in [-0.2, 0) is 0 Å². The number of pyridine rings is 1. The molecule has 10 aromatic rings. The van der Waals surface area contributed by atoms with Crippen LogP contribution in [0.2, 0.25) is 0 Å². The van der Waals surface area contributed by atoms with Gasteiger partial charge in [0.1, 0.15) is 23.0 Å². The zero-order chi connectivity index (χ0) is 31.6. The first-order valence-corrected chi connectivity index (χ1v) is 16.0. The van der Waals surface area contributed by atoms with Crippen LogP contribution >= 0.6 is 0 Å². The van der Waals surface area contributed by atoms with Gasteiger partial charge in [0.05, 0.1) is 22.1 Å². The fourth-order valence-electron chi connectivity index (χ4n) is 7.15. The van der Waals surface area contributed by atoms with E-state index in [-0.39, 0.29) is 12.4 Å². The first kappa shape index (κ1) is 28.8. The Kier molecular flexibility index (Phi) is 6.71. The highest BCUT2D eigenvalue weighted by molar-refractivity contribution is 6.11. The minimum absolute atomic E-state index is 0. The quantitative estimate of drug-likeness (QED) is 0.205. The largest absolute Gasteiger partial charge is 1.00 e. The highest BCUT2D eigenvalue weighted by Gasteiger charge is 2.18. The molecule has 4 heterocycles. The molecule has 0 aliphatic carbocycles. The van der Waals surface area contributed by atoms with Gasteiger partial charge in [0.15, 0.2) is 11.0 Å². The Hall–Kier alpha value is -6.37. The van der Waals surface area contributed by atoms with Crippen molar-refractivity contribution in [3.8, 4) is 28.7 Å². The third-order valence-electron chi connectivity index (χ3n) is 9.28. The molecule has 6 aromatic carbocycles. The van der Waals surface area contributed by atoms with Crippen molar-refractivity contribution in [3.05, 3.63) is 164 Å². The van der Waals surface area contributed by atoms with Crippen LogP contribution in [0.4, 0.5) is 0 Å². The van der Waals surface area contributed by atoms with Crippen LogP contribution in [0, 0.1) is 0 Å². The van der Waals surface area contributed by atoms with Gasteiger partial charge in [0, 0.05) is 51.6 Å². The van der Waals surface area contributed by atoms with Crippen molar-refractivity contribution in [2.24, 2.45) is 0 Å². The Morgan fingerprint density at radius 1 is 0.469 bits per heavy atom. The number of imidazole rings is 1. The van der Waals surface area contributed by atoms with Crippen LogP contribution in [0.25, 0.3) is 71.8 Å². The lowest BCUT2D eigenvalue weighted by Crippen LogP contribution is -3.00. The molecule has 0 amide bonds. The summed E-state index contributed by atoms with van der Waals surface area (Å²) < 4.78 is 13.3. The molecule has 0 atom stereocenters. The molecule has 0 aliphatic rings. The monoisotopic (exact) mass is 653 g/mol. The summed E-state index contributed by atoms with van der Waals surface area (Å²) in [6, 6.07) is 52.6. The number of aromatic amines is 1. The SMILES string of the molecule is [Cl-].c1ccc(-n2c3ccccc3c3cnc(-n4c5ccccc5c5ccc(Oc6cccc(-n7c[nH+]c8ccccc87)c6)cc54)cc32)cc1. The van der Waals surface area contributed by atoms with Gasteiger partial charge in [-0.1, -0.05) is 72.8 Å². The van der Waals surface area contributed by atoms with Gasteiger partial charge in [-0.15, -0.1) is 0 Å². The number of H-pyrrole nitrogens is 1. The molecule has 0 fully saturated rings. The first-order valence-electron chi connectivity index (χ1n) is 16.0. The second-order valence-corrected chi connectivity index (χ2v) is 12.0. The summed E-state index contributed by atoms with van der Waals surface area (Å²) in [6.45, 7) is 0. The van der Waals surface area contributed by atoms with E-state index >= 15 is 0 Å². The maximum Gasteiger partial charge on any atom is 0.247 e. The summed E-state index contributed by atoms with van der Waals surface area (Å²) >= 11 is 0. The predicted molar refractivity (Wildman–Crippen MR) is 193 cm³/mol. The van der Waals surface area contributed by atoms with Crippen LogP contribution in [0.5, 0.6) is 11.5 Å². The van der Waals surface area contributed by atoms with Crippen molar-refractivity contribution < 1.29 is 22.1 Å². The van der Waals surface area contributed by atoms with Crippen LogP contribution in [0.1, 0.15) is 0 Å². The van der Waals surface area contributed by atoms with Crippen LogP contribution < -0.4 is 22.1 Å². The Bertz CT molecular complexity index is 2830. The third-order valence-corrected chi connectivity index (χ3v) is 9.28. The molecule has 0 bridgehead atoms. The van der Waals surface area contributed by atoms with E-state index in [9.17, 15) is 0 Å². The van der Waals surface area contributed by atoms with Crippen molar-refractivity contribution >= 4 is 54.6 Å². The summed E-state index contributed by atoms with van der Waals surface area (Å²) in [5.74, 6) is 2.37. The molecule has 4 aromatic heterocycles. The van der Waals surface area contributed by atoms with E-state index in [0.29, 0.717) is 0 Å². The maximum atomic E-state index is 6.55. The van der Waals surface area contributed by atoms with Crippen molar-refractivity contribution in [1.82, 2.24) is 18.7 Å². The second-order valence-electron chi connectivity index (χ2n) is 12.0. The van der Waals surface area contributed by atoms with Crippen molar-refractivity contribution in [3.63, 3.8) is 0 Å². The second kappa shape index (κ2) is 11.4. The number of hydrogen-bond donors (Lipinski definition) is 0. The molecule has 0 unspecified atom stereocenters. The number of para-hydroxylation sites is 5. The van der Waals surface area contributed by atoms with E-state index in [1.54, 1.807) is 0 Å². The van der Waals surface area contributed by atoms with Crippen LogP contribution in [-0.4, -0.2) is 18.7 Å². The number of nitrogens with one attached hydrogen (secondary N) is 1. The molecule has 0 spiro atoms. The molecular formula is C42H28ClN5O.